The molecule has 0 heterocycles. The number of hydrogen-bond donors (Lipinski definition) is 3. The quantitative estimate of drug-likeness (QED) is 0.469. The van der Waals surface area contributed by atoms with Gasteiger partial charge in [-0.25, -0.2) is 4.21 Å². The van der Waals surface area contributed by atoms with E-state index in [4.69, 9.17) is 9.84 Å². The van der Waals surface area contributed by atoms with E-state index < -0.39 is 34.8 Å². The number of anilines is 1. The van der Waals surface area contributed by atoms with Crippen LogP contribution >= 0.6 is 0 Å². The van der Waals surface area contributed by atoms with Crippen LogP contribution < -0.4 is 14.8 Å². The maximum absolute atomic E-state index is 12.6. The molecule has 0 radical (unpaired) electrons. The molecule has 2 aromatic carbocycles. The average Bonchev–Trinajstić information content (AvgIpc) is 2.66. The number of carboxylic acids is 1. The Bertz CT molecular complexity index is 935. The number of carbonyl (C=O) groups excluding carboxylic acids is 2. The number of carbonyl (C=O) groups is 3. The van der Waals surface area contributed by atoms with E-state index in [1.807, 2.05) is 0 Å². The second kappa shape index (κ2) is 9.33. The van der Waals surface area contributed by atoms with Crippen molar-refractivity contribution in [3.63, 3.8) is 0 Å². The topological polar surface area (TPSA) is 122 Å². The van der Waals surface area contributed by atoms with Crippen molar-refractivity contribution in [2.24, 2.45) is 5.41 Å². The maximum atomic E-state index is 12.6. The highest BCUT2D eigenvalue weighted by Gasteiger charge is 2.23. The molecule has 154 valence electrons. The van der Waals surface area contributed by atoms with Gasteiger partial charge in [-0.3, -0.25) is 14.4 Å². The molecule has 0 bridgehead atoms. The minimum atomic E-state index is -1.70. The van der Waals surface area contributed by atoms with E-state index in [1.54, 1.807) is 51.1 Å². The van der Waals surface area contributed by atoms with E-state index in [-0.39, 0.29) is 17.2 Å². The molecule has 1 atom stereocenters. The summed E-state index contributed by atoms with van der Waals surface area (Å²) in [4.78, 5) is 35.1. The number of amides is 1. The number of ether oxygens (including phenoxy) is 1. The maximum Gasteiger partial charge on any atom is 0.322 e. The number of para-hydroxylation sites is 1. The second-order valence-electron chi connectivity index (χ2n) is 7.10. The number of rotatable bonds is 7. The molecule has 1 amide bonds. The van der Waals surface area contributed by atoms with Gasteiger partial charge in [0.15, 0.2) is 0 Å². The number of aliphatic carboxylic acids is 1. The average molecular weight is 418 g/mol. The molecule has 3 N–H and O–H groups in total. The number of esters is 1. The van der Waals surface area contributed by atoms with Crippen molar-refractivity contribution in [2.45, 2.75) is 25.7 Å². The first-order chi connectivity index (χ1) is 13.6. The third-order valence-electron chi connectivity index (χ3n) is 3.64. The molecule has 29 heavy (non-hydrogen) atoms. The largest absolute Gasteiger partial charge is 0.480 e. The molecule has 0 saturated heterocycles. The first-order valence-electron chi connectivity index (χ1n) is 8.67. The third kappa shape index (κ3) is 6.42. The second-order valence-corrected chi connectivity index (χ2v) is 8.32. The van der Waals surface area contributed by atoms with Crippen molar-refractivity contribution in [2.75, 3.05) is 11.3 Å². The van der Waals surface area contributed by atoms with Gasteiger partial charge in [0.25, 0.3) is 5.91 Å². The standard InChI is InChI=1S/C20H22N2O6S/c1-20(2,3)19(26)28-13-8-10-14(11-9-13)29(27)22-16-7-5-4-6-15(16)18(25)21-12-17(23)24/h4-11,22H,12H2,1-3H3,(H,21,25)(H,23,24). The van der Waals surface area contributed by atoms with Crippen LogP contribution in [0.4, 0.5) is 5.69 Å². The van der Waals surface area contributed by atoms with Gasteiger partial charge in [-0.1, -0.05) is 12.1 Å². The lowest BCUT2D eigenvalue weighted by Crippen LogP contribution is -2.29. The zero-order valence-electron chi connectivity index (χ0n) is 16.2. The Hall–Kier alpha value is -3.20. The van der Waals surface area contributed by atoms with E-state index in [0.717, 1.165) is 0 Å². The highest BCUT2D eigenvalue weighted by molar-refractivity contribution is 7.86. The van der Waals surface area contributed by atoms with E-state index in [9.17, 15) is 18.6 Å². The minimum absolute atomic E-state index is 0.165. The summed E-state index contributed by atoms with van der Waals surface area (Å²) in [6.45, 7) is 4.71. The van der Waals surface area contributed by atoms with Crippen LogP contribution in [0.3, 0.4) is 0 Å². The fourth-order valence-corrected chi connectivity index (χ4v) is 2.95. The number of carboxylic acid groups (broad SMARTS) is 1. The summed E-state index contributed by atoms with van der Waals surface area (Å²) in [5.74, 6) is -1.82. The molecule has 0 fully saturated rings. The van der Waals surface area contributed by atoms with E-state index >= 15 is 0 Å². The molecular weight excluding hydrogens is 396 g/mol. The first kappa shape index (κ1) is 22.1. The molecule has 8 nitrogen and oxygen atoms in total. The van der Waals surface area contributed by atoms with E-state index in [2.05, 4.69) is 10.0 Å². The Morgan fingerprint density at radius 2 is 1.66 bits per heavy atom. The lowest BCUT2D eigenvalue weighted by molar-refractivity contribution is -0.143. The van der Waals surface area contributed by atoms with Gasteiger partial charge in [-0.15, -0.1) is 0 Å². The van der Waals surface area contributed by atoms with Crippen LogP contribution in [0.15, 0.2) is 53.4 Å². The normalized spacial score (nSPS) is 12.0. The van der Waals surface area contributed by atoms with Crippen molar-refractivity contribution >= 4 is 34.5 Å². The van der Waals surface area contributed by atoms with Crippen LogP contribution in [0.1, 0.15) is 31.1 Å². The molecule has 0 aliphatic heterocycles. The van der Waals surface area contributed by atoms with E-state index in [0.29, 0.717) is 10.6 Å². The molecule has 2 aromatic rings. The zero-order chi connectivity index (χ0) is 21.6. The van der Waals surface area contributed by atoms with Gasteiger partial charge in [0.05, 0.1) is 21.6 Å². The molecule has 0 aliphatic rings. The summed E-state index contributed by atoms with van der Waals surface area (Å²) in [6.07, 6.45) is 0. The molecule has 9 heteroatoms. The van der Waals surface area contributed by atoms with Crippen LogP contribution in [0.25, 0.3) is 0 Å². The molecule has 0 aromatic heterocycles. The fourth-order valence-electron chi connectivity index (χ4n) is 2.07. The van der Waals surface area contributed by atoms with Crippen LogP contribution in [0.2, 0.25) is 0 Å². The summed E-state index contributed by atoms with van der Waals surface area (Å²) in [7, 11) is -1.70. The fraction of sp³-hybridized carbons (Fsp3) is 0.250. The smallest absolute Gasteiger partial charge is 0.322 e. The Kier molecular flexibility index (Phi) is 7.11. The lowest BCUT2D eigenvalue weighted by Gasteiger charge is -2.16. The van der Waals surface area contributed by atoms with Gasteiger partial charge < -0.3 is 19.9 Å². The van der Waals surface area contributed by atoms with Crippen molar-refractivity contribution in [1.29, 1.82) is 0 Å². The number of hydrogen-bond acceptors (Lipinski definition) is 5. The summed E-state index contributed by atoms with van der Waals surface area (Å²) < 4.78 is 20.6. The van der Waals surface area contributed by atoms with Gasteiger partial charge in [0.2, 0.25) is 0 Å². The van der Waals surface area contributed by atoms with Crippen LogP contribution in [0.5, 0.6) is 5.75 Å². The van der Waals surface area contributed by atoms with Gasteiger partial charge in [-0.05, 0) is 57.2 Å². The van der Waals surface area contributed by atoms with Crippen LogP contribution in [-0.2, 0) is 20.6 Å². The molecule has 0 spiro atoms. The van der Waals surface area contributed by atoms with E-state index in [1.165, 1.54) is 18.2 Å². The number of nitrogens with one attached hydrogen (secondary N) is 2. The Balaban J connectivity index is 2.10. The Morgan fingerprint density at radius 3 is 2.24 bits per heavy atom. The Labute approximate surface area is 170 Å². The van der Waals surface area contributed by atoms with Crippen molar-refractivity contribution < 1.29 is 28.4 Å². The highest BCUT2D eigenvalue weighted by Crippen LogP contribution is 2.22. The van der Waals surface area contributed by atoms with Gasteiger partial charge in [0.1, 0.15) is 23.3 Å². The lowest BCUT2D eigenvalue weighted by atomic mass is 9.97. The number of benzene rings is 2. The Morgan fingerprint density at radius 1 is 1.03 bits per heavy atom. The van der Waals surface area contributed by atoms with Crippen LogP contribution in [0, 0.1) is 5.41 Å². The van der Waals surface area contributed by atoms with Gasteiger partial charge in [0, 0.05) is 0 Å². The van der Waals surface area contributed by atoms with Crippen molar-refractivity contribution in [1.82, 2.24) is 5.32 Å². The summed E-state index contributed by atoms with van der Waals surface area (Å²) in [6, 6.07) is 12.5. The molecular formula is C20H22N2O6S. The van der Waals surface area contributed by atoms with Crippen LogP contribution in [-0.4, -0.2) is 33.7 Å². The predicted octanol–water partition coefficient (Wildman–Crippen LogP) is 2.59. The SMILES string of the molecule is CC(C)(C)C(=O)Oc1ccc(S(=O)Nc2ccccc2C(=O)NCC(=O)O)cc1. The third-order valence-corrected chi connectivity index (χ3v) is 4.74. The molecule has 0 aliphatic carbocycles. The van der Waals surface area contributed by atoms with Gasteiger partial charge in [-0.2, -0.15) is 0 Å². The first-order valence-corrected chi connectivity index (χ1v) is 9.82. The summed E-state index contributed by atoms with van der Waals surface area (Å²) in [5.41, 5.74) is -0.191. The summed E-state index contributed by atoms with van der Waals surface area (Å²) in [5, 5.41) is 10.9. The van der Waals surface area contributed by atoms with Crippen molar-refractivity contribution in [3.8, 4) is 5.75 Å². The van der Waals surface area contributed by atoms with Crippen molar-refractivity contribution in [3.05, 3.63) is 54.1 Å². The molecule has 1 unspecified atom stereocenters. The monoisotopic (exact) mass is 418 g/mol. The predicted molar refractivity (Wildman–Crippen MR) is 108 cm³/mol. The molecule has 0 saturated carbocycles. The minimum Gasteiger partial charge on any atom is -0.480 e. The summed E-state index contributed by atoms with van der Waals surface area (Å²) >= 11 is 0. The van der Waals surface area contributed by atoms with Gasteiger partial charge >= 0.3 is 11.9 Å². The highest BCUT2D eigenvalue weighted by atomic mass is 32.2. The zero-order valence-corrected chi connectivity index (χ0v) is 17.0. The molecule has 2 rings (SSSR count).